The number of nitrogens with two attached hydrogens (primary N) is 1. The van der Waals surface area contributed by atoms with Gasteiger partial charge in [0, 0.05) is 12.1 Å². The van der Waals surface area contributed by atoms with Gasteiger partial charge in [-0.1, -0.05) is 6.07 Å². The number of piperidine rings is 1. The highest BCUT2D eigenvalue weighted by Crippen LogP contribution is 2.38. The maximum atomic E-state index is 12.8. The zero-order valence-electron chi connectivity index (χ0n) is 11.6. The number of ether oxygens (including phenoxy) is 1. The molecule has 2 heterocycles. The number of hydrogen-bond donors (Lipinski definition) is 2. The van der Waals surface area contributed by atoms with E-state index in [-0.39, 0.29) is 24.1 Å². The summed E-state index contributed by atoms with van der Waals surface area (Å²) in [6.07, 6.45) is 3.01. The average Bonchev–Trinajstić information content (AvgIpc) is 2.70. The van der Waals surface area contributed by atoms with E-state index in [2.05, 4.69) is 0 Å². The summed E-state index contributed by atoms with van der Waals surface area (Å²) in [4.78, 5) is 14.7. The van der Waals surface area contributed by atoms with Crippen molar-refractivity contribution in [3.8, 4) is 5.75 Å². The maximum absolute atomic E-state index is 12.8. The minimum atomic E-state index is -0.279. The van der Waals surface area contributed by atoms with Crippen LogP contribution in [0, 0.1) is 0 Å². The normalized spacial score (nSPS) is 28.5. The highest BCUT2D eigenvalue weighted by molar-refractivity contribution is 6.01. The molecule has 5 nitrogen and oxygen atoms in total. The van der Waals surface area contributed by atoms with E-state index in [9.17, 15) is 9.90 Å². The number of carbonyl (C=O) groups is 1. The van der Waals surface area contributed by atoms with Crippen molar-refractivity contribution in [3.63, 3.8) is 0 Å². The number of carbonyl (C=O) groups excluding carboxylic acids is 1. The summed E-state index contributed by atoms with van der Waals surface area (Å²) in [7, 11) is 1.54. The van der Waals surface area contributed by atoms with E-state index in [0.717, 1.165) is 12.8 Å². The van der Waals surface area contributed by atoms with Crippen molar-refractivity contribution in [2.24, 2.45) is 0 Å². The molecule has 5 heteroatoms. The number of rotatable bonds is 2. The fourth-order valence-corrected chi connectivity index (χ4v) is 3.53. The lowest BCUT2D eigenvalue weighted by Gasteiger charge is -2.37. The number of para-hydroxylation sites is 1. The van der Waals surface area contributed by atoms with Gasteiger partial charge in [0.2, 0.25) is 0 Å². The zero-order chi connectivity index (χ0) is 14.3. The highest BCUT2D eigenvalue weighted by atomic mass is 16.5. The summed E-state index contributed by atoms with van der Waals surface area (Å²) >= 11 is 0. The zero-order valence-corrected chi connectivity index (χ0v) is 11.6. The molecule has 0 radical (unpaired) electrons. The molecule has 3 N–H and O–H groups in total. The Kier molecular flexibility index (Phi) is 3.30. The van der Waals surface area contributed by atoms with E-state index in [1.807, 2.05) is 4.90 Å². The summed E-state index contributed by atoms with van der Waals surface area (Å²) in [6, 6.07) is 5.55. The van der Waals surface area contributed by atoms with Gasteiger partial charge in [-0.3, -0.25) is 4.79 Å². The predicted molar refractivity (Wildman–Crippen MR) is 75.6 cm³/mol. The molecule has 3 rings (SSSR count). The van der Waals surface area contributed by atoms with Gasteiger partial charge in [-0.15, -0.1) is 0 Å². The van der Waals surface area contributed by atoms with Crippen LogP contribution in [0.5, 0.6) is 5.75 Å². The molecule has 2 aliphatic rings. The molecule has 1 aromatic rings. The van der Waals surface area contributed by atoms with Crippen molar-refractivity contribution in [3.05, 3.63) is 23.8 Å². The first-order chi connectivity index (χ1) is 9.61. The topological polar surface area (TPSA) is 75.8 Å². The third-order valence-corrected chi connectivity index (χ3v) is 4.46. The third-order valence-electron chi connectivity index (χ3n) is 4.46. The van der Waals surface area contributed by atoms with Gasteiger partial charge < -0.3 is 20.5 Å². The largest absolute Gasteiger partial charge is 0.495 e. The fraction of sp³-hybridized carbons (Fsp3) is 0.533. The number of aliphatic hydroxyl groups excluding tert-OH is 1. The number of anilines is 1. The Balaban J connectivity index is 1.90. The number of aliphatic hydroxyl groups is 1. The molecule has 1 amide bonds. The molecule has 2 unspecified atom stereocenters. The molecule has 108 valence electrons. The predicted octanol–water partition coefficient (Wildman–Crippen LogP) is 1.41. The monoisotopic (exact) mass is 276 g/mol. The minimum Gasteiger partial charge on any atom is -0.495 e. The van der Waals surface area contributed by atoms with Crippen LogP contribution in [0.25, 0.3) is 0 Å². The first-order valence-corrected chi connectivity index (χ1v) is 7.05. The molecular formula is C15H20N2O3. The minimum absolute atomic E-state index is 0.0409. The second-order valence-corrected chi connectivity index (χ2v) is 5.64. The Morgan fingerprint density at radius 2 is 2.00 bits per heavy atom. The van der Waals surface area contributed by atoms with E-state index >= 15 is 0 Å². The third kappa shape index (κ3) is 2.02. The summed E-state index contributed by atoms with van der Waals surface area (Å²) in [5.41, 5.74) is 6.91. The van der Waals surface area contributed by atoms with Gasteiger partial charge >= 0.3 is 0 Å². The van der Waals surface area contributed by atoms with Crippen molar-refractivity contribution in [1.82, 2.24) is 4.90 Å². The number of fused-ring (bicyclic) bond motifs is 2. The second kappa shape index (κ2) is 4.98. The van der Waals surface area contributed by atoms with Crippen LogP contribution >= 0.6 is 0 Å². The maximum Gasteiger partial charge on any atom is 0.256 e. The number of nitrogens with zero attached hydrogens (tertiary/aromatic N) is 1. The number of nitrogen functional groups attached to an aromatic ring is 1. The number of amides is 1. The molecule has 0 saturated carbocycles. The van der Waals surface area contributed by atoms with E-state index in [1.54, 1.807) is 25.3 Å². The quantitative estimate of drug-likeness (QED) is 0.801. The van der Waals surface area contributed by atoms with Gasteiger partial charge in [0.05, 0.1) is 24.5 Å². The van der Waals surface area contributed by atoms with Crippen LogP contribution in [0.4, 0.5) is 5.69 Å². The van der Waals surface area contributed by atoms with Gasteiger partial charge in [0.25, 0.3) is 5.91 Å². The van der Waals surface area contributed by atoms with E-state index in [0.29, 0.717) is 29.8 Å². The Bertz CT molecular complexity index is 518. The van der Waals surface area contributed by atoms with Gasteiger partial charge in [0.1, 0.15) is 5.75 Å². The molecule has 0 aromatic heterocycles. The molecule has 2 fully saturated rings. The molecule has 2 atom stereocenters. The van der Waals surface area contributed by atoms with Crippen LogP contribution in [-0.4, -0.2) is 41.2 Å². The fourth-order valence-electron chi connectivity index (χ4n) is 3.53. The van der Waals surface area contributed by atoms with E-state index in [4.69, 9.17) is 10.5 Å². The Morgan fingerprint density at radius 1 is 1.35 bits per heavy atom. The average molecular weight is 276 g/mol. The molecule has 2 aliphatic heterocycles. The van der Waals surface area contributed by atoms with Crippen molar-refractivity contribution >= 4 is 11.6 Å². The standard InChI is InChI=1S/C15H20N2O3/c1-20-13-4-2-3-12(14(13)16)15(19)17-9-5-6-10(17)8-11(18)7-9/h2-4,9-11,18H,5-8,16H2,1H3. The number of benzene rings is 1. The molecular weight excluding hydrogens is 256 g/mol. The van der Waals surface area contributed by atoms with Crippen molar-refractivity contribution in [1.29, 1.82) is 0 Å². The summed E-state index contributed by atoms with van der Waals surface area (Å²) in [6.45, 7) is 0. The summed E-state index contributed by atoms with van der Waals surface area (Å²) in [5.74, 6) is 0.487. The molecule has 20 heavy (non-hydrogen) atoms. The van der Waals surface area contributed by atoms with Crippen molar-refractivity contribution in [2.45, 2.75) is 43.9 Å². The summed E-state index contributed by atoms with van der Waals surface area (Å²) in [5, 5.41) is 9.81. The lowest BCUT2D eigenvalue weighted by atomic mass is 9.98. The van der Waals surface area contributed by atoms with Crippen LogP contribution in [0.2, 0.25) is 0 Å². The lowest BCUT2D eigenvalue weighted by molar-refractivity contribution is 0.0287. The van der Waals surface area contributed by atoms with Crippen molar-refractivity contribution in [2.75, 3.05) is 12.8 Å². The molecule has 2 bridgehead atoms. The Labute approximate surface area is 118 Å². The number of hydrogen-bond acceptors (Lipinski definition) is 4. The molecule has 1 aromatic carbocycles. The molecule has 2 saturated heterocycles. The Morgan fingerprint density at radius 3 is 2.60 bits per heavy atom. The van der Waals surface area contributed by atoms with Gasteiger partial charge in [-0.25, -0.2) is 0 Å². The van der Waals surface area contributed by atoms with Crippen LogP contribution in [0.3, 0.4) is 0 Å². The van der Waals surface area contributed by atoms with Crippen LogP contribution in [-0.2, 0) is 0 Å². The van der Waals surface area contributed by atoms with Gasteiger partial charge in [-0.2, -0.15) is 0 Å². The lowest BCUT2D eigenvalue weighted by Crippen LogP contribution is -2.48. The van der Waals surface area contributed by atoms with Crippen LogP contribution < -0.4 is 10.5 Å². The highest BCUT2D eigenvalue weighted by Gasteiger charge is 2.43. The second-order valence-electron chi connectivity index (χ2n) is 5.64. The Hall–Kier alpha value is -1.75. The first-order valence-electron chi connectivity index (χ1n) is 7.05. The summed E-state index contributed by atoms with van der Waals surface area (Å²) < 4.78 is 5.17. The first kappa shape index (κ1) is 13.2. The van der Waals surface area contributed by atoms with Gasteiger partial charge in [0.15, 0.2) is 0 Å². The smallest absolute Gasteiger partial charge is 0.256 e. The van der Waals surface area contributed by atoms with E-state index in [1.165, 1.54) is 0 Å². The molecule has 0 spiro atoms. The number of methoxy groups -OCH3 is 1. The van der Waals surface area contributed by atoms with Gasteiger partial charge in [-0.05, 0) is 37.8 Å². The van der Waals surface area contributed by atoms with Crippen molar-refractivity contribution < 1.29 is 14.6 Å². The van der Waals surface area contributed by atoms with Crippen LogP contribution in [0.15, 0.2) is 18.2 Å². The van der Waals surface area contributed by atoms with E-state index < -0.39 is 0 Å². The molecule has 0 aliphatic carbocycles. The van der Waals surface area contributed by atoms with Crippen LogP contribution in [0.1, 0.15) is 36.0 Å². The SMILES string of the molecule is COc1cccc(C(=O)N2C3CCC2CC(O)C3)c1N.